The second-order valence-electron chi connectivity index (χ2n) is 15.4. The first-order valence-electron chi connectivity index (χ1n) is 17.5. The number of fused-ring (bicyclic) bond motifs is 2. The van der Waals surface area contributed by atoms with Gasteiger partial charge in [-0.1, -0.05) is 127 Å². The van der Waals surface area contributed by atoms with Gasteiger partial charge in [0.2, 0.25) is 0 Å². The van der Waals surface area contributed by atoms with Gasteiger partial charge in [-0.05, 0) is 83.2 Å². The summed E-state index contributed by atoms with van der Waals surface area (Å²) in [5, 5.41) is 3.23. The van der Waals surface area contributed by atoms with Crippen LogP contribution in [-0.4, -0.2) is 24.7 Å². The fourth-order valence-corrected chi connectivity index (χ4v) is 19.3. The molecule has 244 valence electrons. The van der Waals surface area contributed by atoms with Crippen molar-refractivity contribution >= 4 is 36.9 Å². The van der Waals surface area contributed by atoms with E-state index in [9.17, 15) is 0 Å². The molecular weight excluding hydrogens is 597 g/mol. The van der Waals surface area contributed by atoms with Crippen molar-refractivity contribution in [2.45, 2.75) is 128 Å². The van der Waals surface area contributed by atoms with Crippen molar-refractivity contribution in [2.75, 3.05) is 0 Å². The van der Waals surface area contributed by atoms with Gasteiger partial charge in [0.1, 0.15) is 19.6 Å². The van der Waals surface area contributed by atoms with Gasteiger partial charge in [-0.15, -0.1) is 13.2 Å². The van der Waals surface area contributed by atoms with Gasteiger partial charge in [0.15, 0.2) is 0 Å². The molecule has 2 aliphatic rings. The summed E-state index contributed by atoms with van der Waals surface area (Å²) in [4.78, 5) is 0. The van der Waals surface area contributed by atoms with E-state index in [2.05, 4.69) is 142 Å². The van der Waals surface area contributed by atoms with Gasteiger partial charge in [0, 0.05) is 11.1 Å². The Balaban J connectivity index is 1.68. The molecule has 2 aromatic carbocycles. The Morgan fingerprint density at radius 1 is 0.622 bits per heavy atom. The SMILES string of the molecule is C=CCC[Si](Oc1cccc2c1C=C([Si](C)(C)C1=Cc3c(cccc3O[Si](CCC=C)(C(C)C)C(C)C)C1)C2)(C(C)C)C(C)C. The molecule has 0 unspecified atom stereocenters. The summed E-state index contributed by atoms with van der Waals surface area (Å²) < 4.78 is 14.5. The van der Waals surface area contributed by atoms with Crippen molar-refractivity contribution in [3.8, 4) is 11.5 Å². The van der Waals surface area contributed by atoms with E-state index in [0.29, 0.717) is 22.2 Å². The first-order valence-corrected chi connectivity index (χ1v) is 25.0. The van der Waals surface area contributed by atoms with E-state index in [0.717, 1.165) is 49.3 Å². The van der Waals surface area contributed by atoms with Crippen molar-refractivity contribution in [3.05, 3.63) is 94.4 Å². The molecule has 2 aromatic rings. The lowest BCUT2D eigenvalue weighted by molar-refractivity contribution is 0.493. The molecule has 0 atom stereocenters. The van der Waals surface area contributed by atoms with Crippen LogP contribution in [0.25, 0.3) is 12.2 Å². The smallest absolute Gasteiger partial charge is 0.256 e. The molecule has 2 nitrogen and oxygen atoms in total. The lowest BCUT2D eigenvalue weighted by Crippen LogP contribution is -2.47. The van der Waals surface area contributed by atoms with Crippen LogP contribution in [0.3, 0.4) is 0 Å². The Bertz CT molecular complexity index is 1320. The van der Waals surface area contributed by atoms with Crippen LogP contribution in [0, 0.1) is 0 Å². The molecule has 0 spiro atoms. The van der Waals surface area contributed by atoms with Crippen LogP contribution in [0.15, 0.2) is 72.1 Å². The second kappa shape index (κ2) is 14.2. The van der Waals surface area contributed by atoms with Gasteiger partial charge in [-0.25, -0.2) is 0 Å². The molecule has 0 saturated heterocycles. The van der Waals surface area contributed by atoms with Crippen LogP contribution in [0.4, 0.5) is 0 Å². The maximum atomic E-state index is 7.26. The minimum atomic E-state index is -2.06. The van der Waals surface area contributed by atoms with Gasteiger partial charge in [0.05, 0.1) is 0 Å². The molecule has 45 heavy (non-hydrogen) atoms. The van der Waals surface area contributed by atoms with E-state index in [1.165, 1.54) is 22.3 Å². The average molecular weight is 657 g/mol. The Morgan fingerprint density at radius 2 is 0.978 bits per heavy atom. The van der Waals surface area contributed by atoms with Gasteiger partial charge in [-0.3, -0.25) is 0 Å². The van der Waals surface area contributed by atoms with Gasteiger partial charge >= 0.3 is 0 Å². The summed E-state index contributed by atoms with van der Waals surface area (Å²) in [6, 6.07) is 15.8. The molecule has 0 radical (unpaired) electrons. The van der Waals surface area contributed by atoms with Crippen LogP contribution in [0.5, 0.6) is 11.5 Å². The molecule has 4 rings (SSSR count). The molecule has 0 amide bonds. The zero-order valence-corrected chi connectivity index (χ0v) is 33.1. The predicted octanol–water partition coefficient (Wildman–Crippen LogP) is 12.5. The summed E-state index contributed by atoms with van der Waals surface area (Å²) in [6.07, 6.45) is 13.3. The minimum Gasteiger partial charge on any atom is -0.543 e. The maximum Gasteiger partial charge on any atom is 0.256 e. The molecule has 0 aromatic heterocycles. The normalized spacial score (nSPS) is 15.0. The Kier molecular flexibility index (Phi) is 11.2. The number of benzene rings is 2. The van der Waals surface area contributed by atoms with E-state index in [1.807, 2.05) is 0 Å². The topological polar surface area (TPSA) is 18.5 Å². The van der Waals surface area contributed by atoms with Gasteiger partial charge < -0.3 is 8.85 Å². The molecule has 0 bridgehead atoms. The highest BCUT2D eigenvalue weighted by molar-refractivity contribution is 6.92. The van der Waals surface area contributed by atoms with Crippen molar-refractivity contribution in [3.63, 3.8) is 0 Å². The van der Waals surface area contributed by atoms with Crippen molar-refractivity contribution in [2.24, 2.45) is 0 Å². The highest BCUT2D eigenvalue weighted by Gasteiger charge is 2.45. The van der Waals surface area contributed by atoms with E-state index in [-0.39, 0.29) is 0 Å². The fourth-order valence-electron chi connectivity index (χ4n) is 7.99. The van der Waals surface area contributed by atoms with E-state index >= 15 is 0 Å². The van der Waals surface area contributed by atoms with Gasteiger partial charge in [0.25, 0.3) is 16.6 Å². The summed E-state index contributed by atoms with van der Waals surface area (Å²) in [5.74, 6) is 2.21. The Hall–Kier alpha value is -2.35. The quantitative estimate of drug-likeness (QED) is 0.132. The largest absolute Gasteiger partial charge is 0.543 e. The summed E-state index contributed by atoms with van der Waals surface area (Å²) in [5.41, 5.74) is 7.65. The summed E-state index contributed by atoms with van der Waals surface area (Å²) in [6.45, 7) is 32.1. The third kappa shape index (κ3) is 6.87. The minimum absolute atomic E-state index is 0.535. The van der Waals surface area contributed by atoms with Crippen molar-refractivity contribution in [1.82, 2.24) is 0 Å². The lowest BCUT2D eigenvalue weighted by atomic mass is 10.1. The monoisotopic (exact) mass is 656 g/mol. The van der Waals surface area contributed by atoms with Crippen LogP contribution in [0.1, 0.15) is 90.5 Å². The molecule has 0 N–H and O–H groups in total. The zero-order chi connectivity index (χ0) is 33.2. The Labute approximate surface area is 279 Å². The number of hydrogen-bond acceptors (Lipinski definition) is 2. The third-order valence-electron chi connectivity index (χ3n) is 11.3. The Morgan fingerprint density at radius 3 is 1.29 bits per heavy atom. The number of rotatable bonds is 16. The van der Waals surface area contributed by atoms with Crippen LogP contribution < -0.4 is 8.85 Å². The average Bonchev–Trinajstić information content (AvgIpc) is 3.63. The predicted molar refractivity (Wildman–Crippen MR) is 206 cm³/mol. The molecule has 0 fully saturated rings. The summed E-state index contributed by atoms with van der Waals surface area (Å²) >= 11 is 0. The van der Waals surface area contributed by atoms with E-state index < -0.39 is 24.7 Å². The first-order chi connectivity index (χ1) is 21.2. The van der Waals surface area contributed by atoms with Crippen LogP contribution in [-0.2, 0) is 12.8 Å². The molecule has 2 aliphatic carbocycles. The fraction of sp³-hybridized carbons (Fsp3) is 0.500. The highest BCUT2D eigenvalue weighted by Crippen LogP contribution is 2.47. The van der Waals surface area contributed by atoms with Crippen LogP contribution >= 0.6 is 0 Å². The van der Waals surface area contributed by atoms with Crippen LogP contribution in [0.2, 0.25) is 47.3 Å². The third-order valence-corrected chi connectivity index (χ3v) is 26.3. The number of hydrogen-bond donors (Lipinski definition) is 0. The molecule has 0 heterocycles. The zero-order valence-electron chi connectivity index (χ0n) is 30.1. The standard InChI is InChI=1S/C40H60O2Si3/c1-13-15-23-44(29(3)4,30(5)6)41-39-21-17-19-33-25-35(27-37(33)39)43(11,12)36-26-34-20-18-22-40(38(34)28-36)42-45(31(7)8,32(9)10)24-16-14-2/h13-14,17-22,27-32H,1-2,15-16,23-26H2,3-12H3. The van der Waals surface area contributed by atoms with E-state index in [4.69, 9.17) is 8.85 Å². The summed E-state index contributed by atoms with van der Waals surface area (Å²) in [7, 11) is -6.04. The molecular formula is C40H60O2Si3. The van der Waals surface area contributed by atoms with Crippen molar-refractivity contribution < 1.29 is 8.85 Å². The second-order valence-corrected chi connectivity index (χ2v) is 29.7. The maximum absolute atomic E-state index is 7.26. The highest BCUT2D eigenvalue weighted by atomic mass is 28.4. The molecule has 0 saturated carbocycles. The van der Waals surface area contributed by atoms with Gasteiger partial charge in [-0.2, -0.15) is 0 Å². The van der Waals surface area contributed by atoms with E-state index in [1.54, 1.807) is 10.4 Å². The lowest BCUT2D eigenvalue weighted by Gasteiger charge is -2.39. The molecule has 0 aliphatic heterocycles. The first kappa shape index (κ1) is 35.5. The van der Waals surface area contributed by atoms with Crippen molar-refractivity contribution in [1.29, 1.82) is 0 Å². The number of allylic oxidation sites excluding steroid dienone is 4. The molecule has 5 heteroatoms.